The van der Waals surface area contributed by atoms with Crippen LogP contribution in [0.1, 0.15) is 33.6 Å². The molecule has 1 unspecified atom stereocenters. The van der Waals surface area contributed by atoms with Gasteiger partial charge in [0.15, 0.2) is 0 Å². The Hall–Kier alpha value is -0.0800. The summed E-state index contributed by atoms with van der Waals surface area (Å²) in [5.41, 5.74) is 0.233. The molecule has 2 heteroatoms. The van der Waals surface area contributed by atoms with Crippen LogP contribution in [0.2, 0.25) is 0 Å². The van der Waals surface area contributed by atoms with Crippen molar-refractivity contribution in [1.29, 1.82) is 0 Å². The number of aliphatic hydroxyl groups excluding tert-OH is 1. The van der Waals surface area contributed by atoms with E-state index < -0.39 is 0 Å². The summed E-state index contributed by atoms with van der Waals surface area (Å²) in [7, 11) is 0. The molecule has 1 rings (SSSR count). The summed E-state index contributed by atoms with van der Waals surface area (Å²) in [6.07, 6.45) is 2.47. The van der Waals surface area contributed by atoms with E-state index in [0.29, 0.717) is 6.54 Å². The summed E-state index contributed by atoms with van der Waals surface area (Å²) in [5, 5.41) is 12.4. The quantitative estimate of drug-likeness (QED) is 0.641. The Bertz CT molecular complexity index is 128. The minimum Gasteiger partial charge on any atom is -0.392 e. The predicted octanol–water partition coefficient (Wildman–Crippen LogP) is 1.15. The van der Waals surface area contributed by atoms with Crippen molar-refractivity contribution in [1.82, 2.24) is 5.32 Å². The normalized spacial score (nSPS) is 21.8. The van der Waals surface area contributed by atoms with Crippen LogP contribution >= 0.6 is 0 Å². The molecular formula is C9H19NO. The third-order valence-corrected chi connectivity index (χ3v) is 2.45. The van der Waals surface area contributed by atoms with Crippen molar-refractivity contribution < 1.29 is 5.11 Å². The highest BCUT2D eigenvalue weighted by Crippen LogP contribution is 2.38. The Labute approximate surface area is 69.0 Å². The molecule has 0 aliphatic heterocycles. The van der Waals surface area contributed by atoms with Gasteiger partial charge in [-0.25, -0.2) is 0 Å². The van der Waals surface area contributed by atoms with Crippen LogP contribution in [-0.4, -0.2) is 23.3 Å². The zero-order chi connectivity index (χ0) is 8.48. The van der Waals surface area contributed by atoms with Gasteiger partial charge in [-0.3, -0.25) is 0 Å². The van der Waals surface area contributed by atoms with E-state index in [1.807, 2.05) is 6.92 Å². The molecule has 11 heavy (non-hydrogen) atoms. The summed E-state index contributed by atoms with van der Waals surface area (Å²) in [5.74, 6) is 0.834. The van der Waals surface area contributed by atoms with Gasteiger partial charge in [-0.2, -0.15) is 0 Å². The molecular weight excluding hydrogens is 138 g/mol. The molecule has 66 valence electrons. The molecule has 1 aliphatic rings. The lowest BCUT2D eigenvalue weighted by Crippen LogP contribution is -2.44. The van der Waals surface area contributed by atoms with Gasteiger partial charge < -0.3 is 10.4 Å². The van der Waals surface area contributed by atoms with Gasteiger partial charge >= 0.3 is 0 Å². The highest BCUT2D eigenvalue weighted by molar-refractivity contribution is 4.94. The second-order valence-electron chi connectivity index (χ2n) is 4.23. The molecule has 0 radical (unpaired) electrons. The van der Waals surface area contributed by atoms with E-state index in [1.165, 1.54) is 12.8 Å². The van der Waals surface area contributed by atoms with Gasteiger partial charge in [-0.1, -0.05) is 0 Å². The van der Waals surface area contributed by atoms with Crippen molar-refractivity contribution in [3.05, 3.63) is 0 Å². The minimum atomic E-state index is -0.229. The van der Waals surface area contributed by atoms with Crippen LogP contribution in [0.15, 0.2) is 0 Å². The van der Waals surface area contributed by atoms with E-state index in [0.717, 1.165) is 5.92 Å². The number of hydrogen-bond donors (Lipinski definition) is 2. The summed E-state index contributed by atoms with van der Waals surface area (Å²) in [6.45, 7) is 6.96. The molecule has 0 aromatic carbocycles. The minimum absolute atomic E-state index is 0.229. The average molecular weight is 157 g/mol. The average Bonchev–Trinajstić information content (AvgIpc) is 2.64. The number of β-amino-alcohol motifs (C(OH)–C–C–N with tert-alkyl or cyclic N) is 1. The molecule has 1 aliphatic carbocycles. The van der Waals surface area contributed by atoms with E-state index in [4.69, 9.17) is 5.11 Å². The molecule has 0 aromatic heterocycles. The summed E-state index contributed by atoms with van der Waals surface area (Å²) >= 11 is 0. The van der Waals surface area contributed by atoms with Gasteiger partial charge in [0.25, 0.3) is 0 Å². The van der Waals surface area contributed by atoms with Crippen LogP contribution in [0.4, 0.5) is 0 Å². The van der Waals surface area contributed by atoms with Crippen molar-refractivity contribution in [3.63, 3.8) is 0 Å². The van der Waals surface area contributed by atoms with Gasteiger partial charge in [0, 0.05) is 12.1 Å². The molecule has 0 aromatic rings. The Morgan fingerprint density at radius 2 is 2.09 bits per heavy atom. The monoisotopic (exact) mass is 157 g/mol. The zero-order valence-electron chi connectivity index (χ0n) is 7.72. The largest absolute Gasteiger partial charge is 0.392 e. The Morgan fingerprint density at radius 3 is 2.45 bits per heavy atom. The number of rotatable bonds is 4. The van der Waals surface area contributed by atoms with Crippen molar-refractivity contribution >= 4 is 0 Å². The van der Waals surface area contributed by atoms with Crippen molar-refractivity contribution in [2.45, 2.75) is 45.3 Å². The lowest BCUT2D eigenvalue weighted by Gasteiger charge is -2.26. The van der Waals surface area contributed by atoms with E-state index in [1.54, 1.807) is 0 Å². The van der Waals surface area contributed by atoms with Crippen molar-refractivity contribution in [2.75, 3.05) is 6.54 Å². The maximum Gasteiger partial charge on any atom is 0.0636 e. The first-order valence-electron chi connectivity index (χ1n) is 4.45. The smallest absolute Gasteiger partial charge is 0.0636 e. The van der Waals surface area contributed by atoms with Crippen molar-refractivity contribution in [3.8, 4) is 0 Å². The van der Waals surface area contributed by atoms with Crippen LogP contribution in [-0.2, 0) is 0 Å². The SMILES string of the molecule is CC(O)CNC(C)(C)C1CC1. The lowest BCUT2D eigenvalue weighted by atomic mass is 9.99. The molecule has 2 nitrogen and oxygen atoms in total. The fourth-order valence-electron chi connectivity index (χ4n) is 1.36. The topological polar surface area (TPSA) is 32.3 Å². The number of hydrogen-bond acceptors (Lipinski definition) is 2. The second-order valence-corrected chi connectivity index (χ2v) is 4.23. The summed E-state index contributed by atoms with van der Waals surface area (Å²) in [4.78, 5) is 0. The molecule has 0 amide bonds. The zero-order valence-corrected chi connectivity index (χ0v) is 7.72. The third-order valence-electron chi connectivity index (χ3n) is 2.45. The van der Waals surface area contributed by atoms with Gasteiger partial charge in [0.2, 0.25) is 0 Å². The molecule has 1 atom stereocenters. The molecule has 1 fully saturated rings. The van der Waals surface area contributed by atoms with Gasteiger partial charge in [0.05, 0.1) is 6.10 Å². The third kappa shape index (κ3) is 2.80. The highest BCUT2D eigenvalue weighted by Gasteiger charge is 2.37. The van der Waals surface area contributed by atoms with Crippen LogP contribution < -0.4 is 5.32 Å². The van der Waals surface area contributed by atoms with Gasteiger partial charge in [-0.05, 0) is 39.5 Å². The standard InChI is InChI=1S/C9H19NO/c1-7(11)6-10-9(2,3)8-4-5-8/h7-8,10-11H,4-6H2,1-3H3. The summed E-state index contributed by atoms with van der Waals surface area (Å²) < 4.78 is 0. The first-order chi connectivity index (χ1) is 5.02. The maximum absolute atomic E-state index is 9.06. The van der Waals surface area contributed by atoms with E-state index in [2.05, 4.69) is 19.2 Å². The first kappa shape index (κ1) is 9.01. The second kappa shape index (κ2) is 3.11. The van der Waals surface area contributed by atoms with Crippen LogP contribution in [0.3, 0.4) is 0 Å². The molecule has 0 saturated heterocycles. The maximum atomic E-state index is 9.06. The van der Waals surface area contributed by atoms with Gasteiger partial charge in [-0.15, -0.1) is 0 Å². The number of aliphatic hydroxyl groups is 1. The van der Waals surface area contributed by atoms with E-state index >= 15 is 0 Å². The highest BCUT2D eigenvalue weighted by atomic mass is 16.3. The van der Waals surface area contributed by atoms with Crippen LogP contribution in [0.25, 0.3) is 0 Å². The van der Waals surface area contributed by atoms with Gasteiger partial charge in [0.1, 0.15) is 0 Å². The van der Waals surface area contributed by atoms with Crippen LogP contribution in [0, 0.1) is 5.92 Å². The van der Waals surface area contributed by atoms with E-state index in [-0.39, 0.29) is 11.6 Å². The Balaban J connectivity index is 2.22. The fourth-order valence-corrected chi connectivity index (χ4v) is 1.36. The van der Waals surface area contributed by atoms with Crippen LogP contribution in [0.5, 0.6) is 0 Å². The van der Waals surface area contributed by atoms with E-state index in [9.17, 15) is 0 Å². The fraction of sp³-hybridized carbons (Fsp3) is 1.00. The molecule has 0 heterocycles. The molecule has 0 spiro atoms. The lowest BCUT2D eigenvalue weighted by molar-refractivity contribution is 0.172. The van der Waals surface area contributed by atoms with Crippen molar-refractivity contribution in [2.24, 2.45) is 5.92 Å². The summed E-state index contributed by atoms with van der Waals surface area (Å²) in [6, 6.07) is 0. The Kier molecular flexibility index (Phi) is 2.55. The predicted molar refractivity (Wildman–Crippen MR) is 46.5 cm³/mol. The molecule has 0 bridgehead atoms. The Morgan fingerprint density at radius 1 is 1.55 bits per heavy atom. The first-order valence-corrected chi connectivity index (χ1v) is 4.45. The number of nitrogens with one attached hydrogen (secondary N) is 1. The molecule has 2 N–H and O–H groups in total. The molecule has 1 saturated carbocycles.